The minimum absolute atomic E-state index is 0.261. The molecule has 3 nitrogen and oxygen atoms in total. The Balaban J connectivity index is 1.69. The molecule has 2 aromatic rings. The second kappa shape index (κ2) is 5.45. The maximum absolute atomic E-state index is 9.45. The molecule has 0 spiro atoms. The molecule has 0 saturated carbocycles. The highest BCUT2D eigenvalue weighted by Gasteiger charge is 2.20. The molecule has 1 heterocycles. The molecule has 0 fully saturated rings. The SMILES string of the molecule is COc1ccc(CC2COc3cc(O)ccc3C2)cc1. The van der Waals surface area contributed by atoms with E-state index in [1.807, 2.05) is 18.2 Å². The Labute approximate surface area is 118 Å². The molecule has 3 rings (SSSR count). The van der Waals surface area contributed by atoms with Crippen molar-refractivity contribution in [1.29, 1.82) is 0 Å². The Morgan fingerprint density at radius 3 is 2.75 bits per heavy atom. The fraction of sp³-hybridized carbons (Fsp3) is 0.294. The van der Waals surface area contributed by atoms with Crippen LogP contribution in [0.25, 0.3) is 0 Å². The van der Waals surface area contributed by atoms with E-state index in [2.05, 4.69) is 12.1 Å². The van der Waals surface area contributed by atoms with Gasteiger partial charge in [-0.25, -0.2) is 0 Å². The molecule has 3 heteroatoms. The minimum atomic E-state index is 0.261. The van der Waals surface area contributed by atoms with E-state index in [0.29, 0.717) is 12.5 Å². The summed E-state index contributed by atoms with van der Waals surface area (Å²) >= 11 is 0. The first-order valence-corrected chi connectivity index (χ1v) is 6.82. The zero-order valence-corrected chi connectivity index (χ0v) is 11.5. The number of fused-ring (bicyclic) bond motifs is 1. The predicted octanol–water partition coefficient (Wildman–Crippen LogP) is 3.19. The van der Waals surface area contributed by atoms with Crippen LogP contribution in [0, 0.1) is 5.92 Å². The summed E-state index contributed by atoms with van der Waals surface area (Å²) in [6, 6.07) is 13.5. The van der Waals surface area contributed by atoms with Gasteiger partial charge in [-0.1, -0.05) is 18.2 Å². The van der Waals surface area contributed by atoms with E-state index in [0.717, 1.165) is 24.3 Å². The van der Waals surface area contributed by atoms with E-state index < -0.39 is 0 Å². The number of hydrogen-bond donors (Lipinski definition) is 1. The van der Waals surface area contributed by atoms with E-state index in [9.17, 15) is 5.11 Å². The van der Waals surface area contributed by atoms with Gasteiger partial charge in [-0.05, 0) is 42.2 Å². The molecule has 20 heavy (non-hydrogen) atoms. The molecule has 1 aliphatic heterocycles. The van der Waals surface area contributed by atoms with Crippen molar-refractivity contribution in [1.82, 2.24) is 0 Å². The Morgan fingerprint density at radius 2 is 2.00 bits per heavy atom. The number of methoxy groups -OCH3 is 1. The number of phenols is 1. The summed E-state index contributed by atoms with van der Waals surface area (Å²) in [6.45, 7) is 0.697. The number of hydrogen-bond acceptors (Lipinski definition) is 3. The second-order valence-electron chi connectivity index (χ2n) is 5.23. The van der Waals surface area contributed by atoms with E-state index in [1.165, 1.54) is 11.1 Å². The lowest BCUT2D eigenvalue weighted by atomic mass is 9.91. The van der Waals surface area contributed by atoms with Crippen LogP contribution in [0.2, 0.25) is 0 Å². The van der Waals surface area contributed by atoms with Gasteiger partial charge < -0.3 is 14.6 Å². The normalized spacial score (nSPS) is 17.1. The summed E-state index contributed by atoms with van der Waals surface area (Å²) in [4.78, 5) is 0. The summed E-state index contributed by atoms with van der Waals surface area (Å²) in [5, 5.41) is 9.45. The molecule has 0 saturated heterocycles. The fourth-order valence-electron chi connectivity index (χ4n) is 2.65. The maximum atomic E-state index is 9.45. The maximum Gasteiger partial charge on any atom is 0.126 e. The standard InChI is InChI=1S/C17H18O3/c1-19-16-6-2-12(3-7-16)8-13-9-14-4-5-15(18)10-17(14)20-11-13/h2-7,10,13,18H,8-9,11H2,1H3. The van der Waals surface area contributed by atoms with E-state index in [1.54, 1.807) is 19.2 Å². The number of aromatic hydroxyl groups is 1. The lowest BCUT2D eigenvalue weighted by Crippen LogP contribution is -2.22. The fourth-order valence-corrected chi connectivity index (χ4v) is 2.65. The number of ether oxygens (including phenoxy) is 2. The molecule has 1 unspecified atom stereocenters. The van der Waals surface area contributed by atoms with Crippen molar-refractivity contribution in [3.63, 3.8) is 0 Å². The van der Waals surface area contributed by atoms with Gasteiger partial charge in [-0.3, -0.25) is 0 Å². The van der Waals surface area contributed by atoms with Crippen molar-refractivity contribution in [2.45, 2.75) is 12.8 Å². The Hall–Kier alpha value is -2.16. The highest BCUT2D eigenvalue weighted by Crippen LogP contribution is 2.31. The zero-order valence-electron chi connectivity index (χ0n) is 11.5. The first kappa shape index (κ1) is 12.9. The average Bonchev–Trinajstić information content (AvgIpc) is 2.48. The van der Waals surface area contributed by atoms with E-state index in [-0.39, 0.29) is 5.75 Å². The monoisotopic (exact) mass is 270 g/mol. The third kappa shape index (κ3) is 2.72. The molecule has 0 aliphatic carbocycles. The van der Waals surface area contributed by atoms with E-state index >= 15 is 0 Å². The Bertz CT molecular complexity index is 590. The first-order valence-electron chi connectivity index (χ1n) is 6.82. The van der Waals surface area contributed by atoms with Crippen molar-refractivity contribution < 1.29 is 14.6 Å². The molecule has 104 valence electrons. The van der Waals surface area contributed by atoms with Gasteiger partial charge in [-0.2, -0.15) is 0 Å². The summed E-state index contributed by atoms with van der Waals surface area (Å²) in [7, 11) is 1.68. The van der Waals surface area contributed by atoms with Gasteiger partial charge in [0.1, 0.15) is 17.2 Å². The molecule has 1 aliphatic rings. The molecule has 0 radical (unpaired) electrons. The molecule has 1 N–H and O–H groups in total. The zero-order chi connectivity index (χ0) is 13.9. The quantitative estimate of drug-likeness (QED) is 0.931. The second-order valence-corrected chi connectivity index (χ2v) is 5.23. The van der Waals surface area contributed by atoms with Gasteiger partial charge in [0.15, 0.2) is 0 Å². The summed E-state index contributed by atoms with van der Waals surface area (Å²) < 4.78 is 10.9. The molecule has 0 aromatic heterocycles. The van der Waals surface area contributed by atoms with Crippen LogP contribution >= 0.6 is 0 Å². The average molecular weight is 270 g/mol. The van der Waals surface area contributed by atoms with Crippen molar-refractivity contribution in [2.24, 2.45) is 5.92 Å². The van der Waals surface area contributed by atoms with Crippen LogP contribution in [0.15, 0.2) is 42.5 Å². The van der Waals surface area contributed by atoms with Gasteiger partial charge in [0, 0.05) is 12.0 Å². The van der Waals surface area contributed by atoms with Crippen LogP contribution in [0.3, 0.4) is 0 Å². The van der Waals surface area contributed by atoms with Gasteiger partial charge in [-0.15, -0.1) is 0 Å². The van der Waals surface area contributed by atoms with Crippen LogP contribution < -0.4 is 9.47 Å². The minimum Gasteiger partial charge on any atom is -0.508 e. The van der Waals surface area contributed by atoms with Crippen LogP contribution in [-0.4, -0.2) is 18.8 Å². The lowest BCUT2D eigenvalue weighted by molar-refractivity contribution is 0.220. The summed E-state index contributed by atoms with van der Waals surface area (Å²) in [5.41, 5.74) is 2.47. The van der Waals surface area contributed by atoms with Gasteiger partial charge in [0.05, 0.1) is 13.7 Å². The Kier molecular flexibility index (Phi) is 3.50. The summed E-state index contributed by atoms with van der Waals surface area (Å²) in [5.74, 6) is 2.43. The molecular formula is C17H18O3. The topological polar surface area (TPSA) is 38.7 Å². The predicted molar refractivity (Wildman–Crippen MR) is 77.5 cm³/mol. The molecule has 2 aromatic carbocycles. The van der Waals surface area contributed by atoms with Crippen molar-refractivity contribution >= 4 is 0 Å². The lowest BCUT2D eigenvalue weighted by Gasteiger charge is -2.25. The highest BCUT2D eigenvalue weighted by molar-refractivity contribution is 5.41. The smallest absolute Gasteiger partial charge is 0.126 e. The van der Waals surface area contributed by atoms with Gasteiger partial charge >= 0.3 is 0 Å². The number of phenolic OH excluding ortho intramolecular Hbond substituents is 1. The van der Waals surface area contributed by atoms with Crippen molar-refractivity contribution in [3.8, 4) is 17.2 Å². The first-order chi connectivity index (χ1) is 9.74. The van der Waals surface area contributed by atoms with Crippen molar-refractivity contribution in [2.75, 3.05) is 13.7 Å². The van der Waals surface area contributed by atoms with Gasteiger partial charge in [0.2, 0.25) is 0 Å². The molecular weight excluding hydrogens is 252 g/mol. The van der Waals surface area contributed by atoms with Crippen molar-refractivity contribution in [3.05, 3.63) is 53.6 Å². The number of rotatable bonds is 3. The largest absolute Gasteiger partial charge is 0.508 e. The summed E-state index contributed by atoms with van der Waals surface area (Å²) in [6.07, 6.45) is 1.98. The highest BCUT2D eigenvalue weighted by atomic mass is 16.5. The Morgan fingerprint density at radius 1 is 1.20 bits per heavy atom. The molecule has 0 amide bonds. The van der Waals surface area contributed by atoms with E-state index in [4.69, 9.17) is 9.47 Å². The number of benzene rings is 2. The third-order valence-electron chi connectivity index (χ3n) is 3.72. The van der Waals surface area contributed by atoms with Crippen LogP contribution in [0.5, 0.6) is 17.2 Å². The van der Waals surface area contributed by atoms with Crippen LogP contribution in [-0.2, 0) is 12.8 Å². The molecule has 1 atom stereocenters. The van der Waals surface area contributed by atoms with Gasteiger partial charge in [0.25, 0.3) is 0 Å². The van der Waals surface area contributed by atoms with Crippen LogP contribution in [0.1, 0.15) is 11.1 Å². The van der Waals surface area contributed by atoms with Crippen LogP contribution in [0.4, 0.5) is 0 Å². The molecule has 0 bridgehead atoms. The third-order valence-corrected chi connectivity index (χ3v) is 3.72.